The number of piperidine rings is 1. The van der Waals surface area contributed by atoms with Crippen molar-refractivity contribution in [2.45, 2.75) is 37.4 Å². The lowest BCUT2D eigenvalue weighted by atomic mass is 9.93. The highest BCUT2D eigenvalue weighted by Crippen LogP contribution is 2.42. The molecule has 29 heavy (non-hydrogen) atoms. The number of hydrogen-bond acceptors (Lipinski definition) is 5. The Morgan fingerprint density at radius 2 is 2.21 bits per heavy atom. The van der Waals surface area contributed by atoms with Crippen LogP contribution < -0.4 is 5.73 Å². The van der Waals surface area contributed by atoms with Gasteiger partial charge in [0.1, 0.15) is 11.9 Å². The normalized spacial score (nSPS) is 23.4. The first-order valence-corrected chi connectivity index (χ1v) is 10.6. The van der Waals surface area contributed by atoms with E-state index < -0.39 is 5.82 Å². The molecule has 1 aliphatic heterocycles. The lowest BCUT2D eigenvalue weighted by Crippen LogP contribution is -2.44. The minimum atomic E-state index is -0.493. The van der Waals surface area contributed by atoms with E-state index in [0.717, 1.165) is 53.9 Å². The third-order valence-corrected chi connectivity index (χ3v) is 7.02. The summed E-state index contributed by atoms with van der Waals surface area (Å²) in [5.41, 5.74) is 10.6. The number of likely N-dealkylation sites (tertiary alicyclic amines) is 1. The molecule has 2 aromatic carbocycles. The lowest BCUT2D eigenvalue weighted by Gasteiger charge is -2.31. The maximum atomic E-state index is 14.3. The average Bonchev–Trinajstić information content (AvgIpc) is 3.43. The standard InChI is InChI=1S/C23H21FN4S/c24-20-10-15(4-5-16(20)12-25)19-3-1-2-17(22(19)21-7-9-27-29-21)13-28-14-23(26)8-6-18(28)11-23/h1-5,7,9-10,18H,6,8,11,13-14,26H2/t18-,23-/m0/s1. The van der Waals surface area contributed by atoms with Gasteiger partial charge in [-0.3, -0.25) is 4.90 Å². The minimum absolute atomic E-state index is 0.0385. The van der Waals surface area contributed by atoms with Crippen LogP contribution in [0.3, 0.4) is 0 Å². The predicted octanol–water partition coefficient (Wildman–Crippen LogP) is 4.55. The molecule has 6 heteroatoms. The zero-order valence-electron chi connectivity index (χ0n) is 15.9. The van der Waals surface area contributed by atoms with Gasteiger partial charge in [0.2, 0.25) is 0 Å². The molecule has 0 radical (unpaired) electrons. The highest BCUT2D eigenvalue weighted by Gasteiger charge is 2.46. The van der Waals surface area contributed by atoms with Gasteiger partial charge in [0.05, 0.1) is 10.4 Å². The summed E-state index contributed by atoms with van der Waals surface area (Å²) in [5, 5.41) is 9.05. The molecule has 0 unspecified atom stereocenters. The summed E-state index contributed by atoms with van der Waals surface area (Å²) in [5.74, 6) is -0.493. The van der Waals surface area contributed by atoms with Gasteiger partial charge in [0.15, 0.2) is 0 Å². The quantitative estimate of drug-likeness (QED) is 0.693. The van der Waals surface area contributed by atoms with Crippen molar-refractivity contribution in [2.24, 2.45) is 5.73 Å². The smallest absolute Gasteiger partial charge is 0.141 e. The fourth-order valence-corrected chi connectivity index (χ4v) is 5.59. The first-order chi connectivity index (χ1) is 14.1. The van der Waals surface area contributed by atoms with Gasteiger partial charge in [0.25, 0.3) is 0 Å². The van der Waals surface area contributed by atoms with Crippen LogP contribution in [0.4, 0.5) is 4.39 Å². The van der Waals surface area contributed by atoms with E-state index in [9.17, 15) is 4.39 Å². The van der Waals surface area contributed by atoms with Gasteiger partial charge in [-0.05, 0) is 65.7 Å². The van der Waals surface area contributed by atoms with Crippen LogP contribution in [0.15, 0.2) is 48.7 Å². The van der Waals surface area contributed by atoms with Crippen molar-refractivity contribution in [1.29, 1.82) is 5.26 Å². The number of nitrogens with two attached hydrogens (primary N) is 1. The molecule has 2 fully saturated rings. The second kappa shape index (κ2) is 7.03. The molecule has 3 aromatic rings. The second-order valence-electron chi connectivity index (χ2n) is 8.19. The predicted molar refractivity (Wildman–Crippen MR) is 113 cm³/mol. The number of nitrogens with zero attached hydrogens (tertiary/aromatic N) is 3. The average molecular weight is 405 g/mol. The van der Waals surface area contributed by atoms with Crippen LogP contribution in [0.5, 0.6) is 0 Å². The third kappa shape index (κ3) is 3.25. The van der Waals surface area contributed by atoms with Gasteiger partial charge in [-0.15, -0.1) is 0 Å². The molecule has 2 bridgehead atoms. The Morgan fingerprint density at radius 1 is 1.31 bits per heavy atom. The van der Waals surface area contributed by atoms with Crippen molar-refractivity contribution < 1.29 is 4.39 Å². The molecule has 1 aliphatic carbocycles. The van der Waals surface area contributed by atoms with E-state index in [0.29, 0.717) is 6.04 Å². The Labute approximate surface area is 173 Å². The van der Waals surface area contributed by atoms with Crippen molar-refractivity contribution in [3.05, 3.63) is 65.6 Å². The highest BCUT2D eigenvalue weighted by molar-refractivity contribution is 7.09. The van der Waals surface area contributed by atoms with Crippen LogP contribution in [0.1, 0.15) is 30.4 Å². The summed E-state index contributed by atoms with van der Waals surface area (Å²) in [6.45, 7) is 1.75. The lowest BCUT2D eigenvalue weighted by molar-refractivity contribution is 0.196. The van der Waals surface area contributed by atoms with E-state index in [2.05, 4.69) is 15.3 Å². The van der Waals surface area contributed by atoms with Crippen molar-refractivity contribution in [2.75, 3.05) is 6.54 Å². The summed E-state index contributed by atoms with van der Waals surface area (Å²) < 4.78 is 18.6. The molecule has 2 N–H and O–H groups in total. The number of halogens is 1. The van der Waals surface area contributed by atoms with Crippen LogP contribution in [0.2, 0.25) is 0 Å². The molecule has 146 valence electrons. The topological polar surface area (TPSA) is 65.9 Å². The van der Waals surface area contributed by atoms with Crippen molar-refractivity contribution >= 4 is 11.5 Å². The molecule has 2 atom stereocenters. The Kier molecular flexibility index (Phi) is 4.47. The monoisotopic (exact) mass is 404 g/mol. The van der Waals surface area contributed by atoms with Crippen LogP contribution in [-0.2, 0) is 6.54 Å². The van der Waals surface area contributed by atoms with Crippen molar-refractivity contribution in [3.63, 3.8) is 0 Å². The maximum Gasteiger partial charge on any atom is 0.141 e. The summed E-state index contributed by atoms with van der Waals surface area (Å²) in [6.07, 6.45) is 5.14. The fourth-order valence-electron chi connectivity index (χ4n) is 4.90. The Morgan fingerprint density at radius 3 is 2.86 bits per heavy atom. The van der Waals surface area contributed by atoms with Crippen LogP contribution >= 0.6 is 11.5 Å². The Bertz CT molecular complexity index is 1100. The minimum Gasteiger partial charge on any atom is -0.324 e. The fraction of sp³-hybridized carbons (Fsp3) is 0.304. The van der Waals surface area contributed by atoms with Gasteiger partial charge in [0, 0.05) is 36.4 Å². The number of benzene rings is 2. The van der Waals surface area contributed by atoms with Crippen molar-refractivity contribution in [1.82, 2.24) is 9.27 Å². The zero-order chi connectivity index (χ0) is 20.0. The van der Waals surface area contributed by atoms with Gasteiger partial charge < -0.3 is 5.73 Å². The SMILES string of the molecule is N#Cc1ccc(-c2cccc(CN3C[C@]4(N)CC[C@H]3C4)c2-c2ccns2)cc1F. The van der Waals surface area contributed by atoms with E-state index in [-0.39, 0.29) is 11.1 Å². The van der Waals surface area contributed by atoms with Crippen LogP contribution in [0, 0.1) is 17.1 Å². The van der Waals surface area contributed by atoms with Gasteiger partial charge in [-0.1, -0.05) is 24.3 Å². The molecule has 1 saturated carbocycles. The van der Waals surface area contributed by atoms with E-state index >= 15 is 0 Å². The Hall–Kier alpha value is -2.59. The number of hydrogen-bond donors (Lipinski definition) is 1. The van der Waals surface area contributed by atoms with Gasteiger partial charge >= 0.3 is 0 Å². The number of rotatable bonds is 4. The second-order valence-corrected chi connectivity index (χ2v) is 9.02. The number of fused-ring (bicyclic) bond motifs is 2. The number of nitriles is 1. The Balaban J connectivity index is 1.59. The molecular formula is C23H21FN4S. The summed E-state index contributed by atoms with van der Waals surface area (Å²) in [4.78, 5) is 3.55. The van der Waals surface area contributed by atoms with E-state index in [1.807, 2.05) is 30.3 Å². The molecule has 0 amide bonds. The van der Waals surface area contributed by atoms with E-state index in [4.69, 9.17) is 11.0 Å². The molecule has 1 aromatic heterocycles. The van der Waals surface area contributed by atoms with Gasteiger partial charge in [-0.25, -0.2) is 8.76 Å². The molecular weight excluding hydrogens is 383 g/mol. The molecule has 1 saturated heterocycles. The van der Waals surface area contributed by atoms with E-state index in [1.165, 1.54) is 23.2 Å². The maximum absolute atomic E-state index is 14.3. The highest BCUT2D eigenvalue weighted by atomic mass is 32.1. The molecule has 5 rings (SSSR count). The molecule has 2 aliphatic rings. The molecule has 0 spiro atoms. The first-order valence-electron chi connectivity index (χ1n) is 9.82. The summed E-state index contributed by atoms with van der Waals surface area (Å²) >= 11 is 1.44. The number of aromatic nitrogens is 1. The van der Waals surface area contributed by atoms with Crippen molar-refractivity contribution in [3.8, 4) is 27.6 Å². The molecule has 2 heterocycles. The largest absolute Gasteiger partial charge is 0.324 e. The van der Waals surface area contributed by atoms with E-state index in [1.54, 1.807) is 12.3 Å². The van der Waals surface area contributed by atoms with Crippen LogP contribution in [-0.4, -0.2) is 27.4 Å². The third-order valence-electron chi connectivity index (χ3n) is 6.26. The molecule has 4 nitrogen and oxygen atoms in total. The first kappa shape index (κ1) is 18.4. The van der Waals surface area contributed by atoms with Gasteiger partial charge in [-0.2, -0.15) is 5.26 Å². The van der Waals surface area contributed by atoms with Crippen LogP contribution in [0.25, 0.3) is 21.6 Å². The summed E-state index contributed by atoms with van der Waals surface area (Å²) in [7, 11) is 0. The summed E-state index contributed by atoms with van der Waals surface area (Å²) in [6, 6.07) is 15.5. The zero-order valence-corrected chi connectivity index (χ0v) is 16.8.